The number of carbonyl (C=O) groups is 2. The third-order valence-electron chi connectivity index (χ3n) is 2.87. The topological polar surface area (TPSA) is 116 Å². The molecule has 0 radical (unpaired) electrons. The zero-order chi connectivity index (χ0) is 17.6. The minimum Gasteiger partial charge on any atom is -0.374 e. The van der Waals surface area contributed by atoms with Gasteiger partial charge in [-0.1, -0.05) is 0 Å². The van der Waals surface area contributed by atoms with Gasteiger partial charge < -0.3 is 10.6 Å². The zero-order valence-corrected chi connectivity index (χ0v) is 14.4. The van der Waals surface area contributed by atoms with Crippen LogP contribution in [0.25, 0.3) is 0 Å². The number of urea groups is 1. The van der Waals surface area contributed by atoms with Crippen LogP contribution in [0.1, 0.15) is 19.4 Å². The van der Waals surface area contributed by atoms with Gasteiger partial charge in [0, 0.05) is 12.2 Å². The molecule has 4 N–H and O–H groups in total. The van der Waals surface area contributed by atoms with Crippen molar-refractivity contribution < 1.29 is 18.0 Å². The predicted octanol–water partition coefficient (Wildman–Crippen LogP) is 1.01. The summed E-state index contributed by atoms with van der Waals surface area (Å²) in [6.07, 6.45) is 1.08. The van der Waals surface area contributed by atoms with Gasteiger partial charge in [0.25, 0.3) is 0 Å². The van der Waals surface area contributed by atoms with Gasteiger partial charge in [-0.2, -0.15) is 0 Å². The molecule has 23 heavy (non-hydrogen) atoms. The van der Waals surface area contributed by atoms with Gasteiger partial charge in [-0.15, -0.1) is 0 Å². The monoisotopic (exact) mass is 342 g/mol. The highest BCUT2D eigenvalue weighted by atomic mass is 32.2. The summed E-state index contributed by atoms with van der Waals surface area (Å²) in [5.74, 6) is -0.466. The maximum atomic E-state index is 11.8. The molecule has 0 heterocycles. The van der Waals surface area contributed by atoms with Gasteiger partial charge in [-0.25, -0.2) is 13.2 Å². The third kappa shape index (κ3) is 6.55. The molecule has 0 aliphatic carbocycles. The lowest BCUT2D eigenvalue weighted by Crippen LogP contribution is -2.45. The quantitative estimate of drug-likeness (QED) is 0.616. The van der Waals surface area contributed by atoms with Crippen LogP contribution in [0, 0.1) is 6.92 Å². The third-order valence-corrected chi connectivity index (χ3v) is 3.46. The van der Waals surface area contributed by atoms with Gasteiger partial charge >= 0.3 is 6.03 Å². The Balaban J connectivity index is 2.72. The van der Waals surface area contributed by atoms with E-state index < -0.39 is 28.0 Å². The van der Waals surface area contributed by atoms with Crippen molar-refractivity contribution in [3.05, 3.63) is 23.8 Å². The molecule has 1 aromatic rings. The average Bonchev–Trinajstić information content (AvgIpc) is 2.40. The Labute approximate surface area is 136 Å². The minimum atomic E-state index is -3.35. The Morgan fingerprint density at radius 3 is 2.43 bits per heavy atom. The van der Waals surface area contributed by atoms with Crippen LogP contribution in [0.3, 0.4) is 0 Å². The molecule has 0 fully saturated rings. The van der Waals surface area contributed by atoms with E-state index >= 15 is 0 Å². The zero-order valence-electron chi connectivity index (χ0n) is 13.6. The molecule has 0 aromatic heterocycles. The summed E-state index contributed by atoms with van der Waals surface area (Å²) in [5, 5.41) is 7.64. The maximum absolute atomic E-state index is 11.8. The smallest absolute Gasteiger partial charge is 0.321 e. The van der Waals surface area contributed by atoms with Crippen LogP contribution in [0.15, 0.2) is 18.2 Å². The van der Waals surface area contributed by atoms with Crippen molar-refractivity contribution in [2.75, 3.05) is 22.8 Å². The summed E-state index contributed by atoms with van der Waals surface area (Å²) in [6.45, 7) is 5.54. The number of hydrogen-bond donors (Lipinski definition) is 4. The molecule has 3 amide bonds. The second-order valence-electron chi connectivity index (χ2n) is 5.12. The highest BCUT2D eigenvalue weighted by Crippen LogP contribution is 2.21. The number of carbonyl (C=O) groups excluding carboxylic acids is 2. The second kappa shape index (κ2) is 7.82. The average molecular weight is 342 g/mol. The molecule has 0 spiro atoms. The number of benzene rings is 1. The Bertz CT molecular complexity index is 688. The Hall–Kier alpha value is -2.29. The largest absolute Gasteiger partial charge is 0.374 e. The number of anilines is 2. The molecular weight excluding hydrogens is 320 g/mol. The second-order valence-corrected chi connectivity index (χ2v) is 6.87. The summed E-state index contributed by atoms with van der Waals surface area (Å²) in [5.41, 5.74) is 1.81. The van der Waals surface area contributed by atoms with Gasteiger partial charge in [0.05, 0.1) is 11.9 Å². The lowest BCUT2D eigenvalue weighted by Gasteiger charge is -2.16. The van der Waals surface area contributed by atoms with Gasteiger partial charge in [0.1, 0.15) is 6.04 Å². The molecule has 0 saturated carbocycles. The summed E-state index contributed by atoms with van der Waals surface area (Å²) >= 11 is 0. The van der Waals surface area contributed by atoms with E-state index in [-0.39, 0.29) is 0 Å². The number of nitrogens with one attached hydrogen (secondary N) is 4. The molecule has 1 aromatic carbocycles. The molecule has 128 valence electrons. The first-order valence-corrected chi connectivity index (χ1v) is 8.95. The molecule has 0 bridgehead atoms. The van der Waals surface area contributed by atoms with E-state index in [0.29, 0.717) is 23.5 Å². The summed E-state index contributed by atoms with van der Waals surface area (Å²) < 4.78 is 24.9. The molecule has 1 unspecified atom stereocenters. The van der Waals surface area contributed by atoms with E-state index in [4.69, 9.17) is 0 Å². The highest BCUT2D eigenvalue weighted by Gasteiger charge is 2.15. The van der Waals surface area contributed by atoms with Crippen LogP contribution >= 0.6 is 0 Å². The van der Waals surface area contributed by atoms with Crippen LogP contribution in [-0.2, 0) is 14.8 Å². The minimum absolute atomic E-state index is 0.426. The van der Waals surface area contributed by atoms with Crippen molar-refractivity contribution in [3.63, 3.8) is 0 Å². The number of rotatable bonds is 6. The summed E-state index contributed by atoms with van der Waals surface area (Å²) in [4.78, 5) is 23.2. The fourth-order valence-corrected chi connectivity index (χ4v) is 2.44. The lowest BCUT2D eigenvalue weighted by atomic mass is 10.1. The summed E-state index contributed by atoms with van der Waals surface area (Å²) in [7, 11) is -3.35. The van der Waals surface area contributed by atoms with E-state index in [1.54, 1.807) is 39.0 Å². The van der Waals surface area contributed by atoms with Crippen molar-refractivity contribution in [1.82, 2.24) is 10.6 Å². The molecule has 1 atom stereocenters. The Morgan fingerprint density at radius 2 is 1.91 bits per heavy atom. The van der Waals surface area contributed by atoms with Gasteiger partial charge in [0.15, 0.2) is 0 Å². The van der Waals surface area contributed by atoms with Crippen molar-refractivity contribution in [2.45, 2.75) is 26.8 Å². The normalized spacial score (nSPS) is 12.2. The molecule has 0 saturated heterocycles. The van der Waals surface area contributed by atoms with Crippen LogP contribution in [0.5, 0.6) is 0 Å². The van der Waals surface area contributed by atoms with Gasteiger partial charge in [-0.3, -0.25) is 14.8 Å². The van der Waals surface area contributed by atoms with E-state index in [1.807, 2.05) is 0 Å². The SMILES string of the molecule is CCNC(=O)NC(=O)C(C)Nc1ccc(NS(C)(=O)=O)c(C)c1. The summed E-state index contributed by atoms with van der Waals surface area (Å²) in [6, 6.07) is 3.79. The highest BCUT2D eigenvalue weighted by molar-refractivity contribution is 7.92. The molecule has 0 aliphatic heterocycles. The molecular formula is C14H22N4O4S. The number of hydrogen-bond acceptors (Lipinski definition) is 5. The van der Waals surface area contributed by atoms with Crippen molar-refractivity contribution in [3.8, 4) is 0 Å². The molecule has 8 nitrogen and oxygen atoms in total. The van der Waals surface area contributed by atoms with Gasteiger partial charge in [-0.05, 0) is 44.5 Å². The van der Waals surface area contributed by atoms with Crippen LogP contribution in [0.4, 0.5) is 16.2 Å². The number of amides is 3. The lowest BCUT2D eigenvalue weighted by molar-refractivity contribution is -0.120. The Kier molecular flexibility index (Phi) is 6.38. The first-order chi connectivity index (χ1) is 10.6. The fraction of sp³-hybridized carbons (Fsp3) is 0.429. The standard InChI is InChI=1S/C14H22N4O4S/c1-5-15-14(20)17-13(19)10(3)16-11-6-7-12(9(2)8-11)18-23(4,21)22/h6-8,10,16,18H,5H2,1-4H3,(H2,15,17,19,20). The Morgan fingerprint density at radius 1 is 1.26 bits per heavy atom. The number of aryl methyl sites for hydroxylation is 1. The first-order valence-electron chi connectivity index (χ1n) is 7.06. The van der Waals surface area contributed by atoms with E-state index in [0.717, 1.165) is 6.26 Å². The van der Waals surface area contributed by atoms with E-state index in [2.05, 4.69) is 20.7 Å². The van der Waals surface area contributed by atoms with E-state index in [1.165, 1.54) is 0 Å². The maximum Gasteiger partial charge on any atom is 0.321 e. The van der Waals surface area contributed by atoms with Crippen molar-refractivity contribution in [1.29, 1.82) is 0 Å². The number of sulfonamides is 1. The van der Waals surface area contributed by atoms with Crippen LogP contribution < -0.4 is 20.7 Å². The number of imide groups is 1. The fourth-order valence-electron chi connectivity index (χ4n) is 1.81. The molecule has 1 rings (SSSR count). The molecule has 0 aliphatic rings. The first kappa shape index (κ1) is 18.8. The van der Waals surface area contributed by atoms with Crippen LogP contribution in [0.2, 0.25) is 0 Å². The van der Waals surface area contributed by atoms with Crippen molar-refractivity contribution >= 4 is 33.3 Å². The molecule has 9 heteroatoms. The predicted molar refractivity (Wildman–Crippen MR) is 89.9 cm³/mol. The van der Waals surface area contributed by atoms with E-state index in [9.17, 15) is 18.0 Å². The van der Waals surface area contributed by atoms with Gasteiger partial charge in [0.2, 0.25) is 15.9 Å². The van der Waals surface area contributed by atoms with Crippen molar-refractivity contribution in [2.24, 2.45) is 0 Å². The van der Waals surface area contributed by atoms with Crippen LogP contribution in [-0.4, -0.2) is 39.2 Å².